The molecule has 0 spiro atoms. The summed E-state index contributed by atoms with van der Waals surface area (Å²) in [5.41, 5.74) is 19.2. The van der Waals surface area contributed by atoms with Crippen LogP contribution in [0.25, 0.3) is 33.4 Å². The first-order chi connectivity index (χ1) is 23.5. The van der Waals surface area contributed by atoms with Crippen molar-refractivity contribution < 1.29 is 14.7 Å². The molecule has 0 unspecified atom stereocenters. The van der Waals surface area contributed by atoms with Crippen LogP contribution in [0.3, 0.4) is 0 Å². The third-order valence-electron chi connectivity index (χ3n) is 10.0. The molecule has 2 aliphatic carbocycles. The van der Waals surface area contributed by atoms with Gasteiger partial charge in [-0.05, 0) is 106 Å². The Balaban J connectivity index is 1.09. The maximum Gasteiger partial charge on any atom is 0.262 e. The fourth-order valence-corrected chi connectivity index (χ4v) is 7.73. The van der Waals surface area contributed by atoms with Crippen molar-refractivity contribution in [3.8, 4) is 22.6 Å². The standard InChI is InChI=1S/C40H31N5O3/c41-21-23-19-25(38(46)36(20-23)45-42-34-13-3-4-14-35(34)43-45)22-44-39(47)33-12-6-11-32(37(33)40(44)48)28-10-5-9-27-30-16-15-24-7-1-2-8-26(24)29(30)17-18-31(27)28/h1-4,6-8,10-14,17-20,46H,5,9,15-16,21-22,41H2. The number of allylic oxidation sites excluding steroid dienone is 1. The Morgan fingerprint density at radius 3 is 2.23 bits per heavy atom. The smallest absolute Gasteiger partial charge is 0.262 e. The van der Waals surface area contributed by atoms with Crippen LogP contribution in [-0.2, 0) is 32.4 Å². The first kappa shape index (κ1) is 28.4. The van der Waals surface area contributed by atoms with Crippen molar-refractivity contribution in [2.45, 2.75) is 38.8 Å². The van der Waals surface area contributed by atoms with Crippen LogP contribution in [0.2, 0.25) is 0 Å². The largest absolute Gasteiger partial charge is 0.505 e. The van der Waals surface area contributed by atoms with Crippen molar-refractivity contribution in [3.05, 3.63) is 147 Å². The van der Waals surface area contributed by atoms with Gasteiger partial charge in [0.1, 0.15) is 22.5 Å². The van der Waals surface area contributed by atoms with E-state index in [-0.39, 0.29) is 24.7 Å². The number of aromatic nitrogens is 3. The molecule has 0 saturated heterocycles. The number of benzene rings is 5. The number of rotatable bonds is 5. The van der Waals surface area contributed by atoms with Gasteiger partial charge in [0.05, 0.1) is 17.7 Å². The van der Waals surface area contributed by atoms with Crippen LogP contribution in [0.4, 0.5) is 0 Å². The maximum atomic E-state index is 14.2. The summed E-state index contributed by atoms with van der Waals surface area (Å²) in [4.78, 5) is 30.7. The van der Waals surface area contributed by atoms with Gasteiger partial charge in [0.25, 0.3) is 11.8 Å². The highest BCUT2D eigenvalue weighted by Crippen LogP contribution is 2.43. The van der Waals surface area contributed by atoms with E-state index < -0.39 is 5.91 Å². The topological polar surface area (TPSA) is 114 Å². The van der Waals surface area contributed by atoms with Crippen molar-refractivity contribution in [2.24, 2.45) is 5.73 Å². The van der Waals surface area contributed by atoms with Gasteiger partial charge in [0.2, 0.25) is 0 Å². The van der Waals surface area contributed by atoms with Crippen molar-refractivity contribution in [1.82, 2.24) is 19.9 Å². The van der Waals surface area contributed by atoms with Crippen molar-refractivity contribution in [1.29, 1.82) is 0 Å². The molecular formula is C40H31N5O3. The van der Waals surface area contributed by atoms with Gasteiger partial charge in [-0.1, -0.05) is 66.7 Å². The maximum absolute atomic E-state index is 14.2. The van der Waals surface area contributed by atoms with E-state index in [1.54, 1.807) is 18.2 Å². The molecule has 1 aliphatic heterocycles. The molecule has 3 aliphatic rings. The zero-order valence-electron chi connectivity index (χ0n) is 26.1. The number of phenols is 1. The van der Waals surface area contributed by atoms with Gasteiger partial charge in [-0.15, -0.1) is 15.0 Å². The summed E-state index contributed by atoms with van der Waals surface area (Å²) in [5, 5.41) is 20.5. The monoisotopic (exact) mass is 629 g/mol. The Hall–Kier alpha value is -5.86. The first-order valence-corrected chi connectivity index (χ1v) is 16.3. The van der Waals surface area contributed by atoms with Crippen LogP contribution in [0, 0.1) is 0 Å². The summed E-state index contributed by atoms with van der Waals surface area (Å²) in [6.07, 6.45) is 5.99. The van der Waals surface area contributed by atoms with Crippen LogP contribution >= 0.6 is 0 Å². The van der Waals surface area contributed by atoms with E-state index in [1.807, 2.05) is 36.4 Å². The zero-order valence-corrected chi connectivity index (χ0v) is 26.1. The molecule has 0 radical (unpaired) electrons. The highest BCUT2D eigenvalue weighted by molar-refractivity contribution is 6.23. The number of nitrogens with two attached hydrogens (primary N) is 1. The molecule has 9 rings (SSSR count). The number of phenolic OH excluding ortho intramolecular Hbond substituents is 1. The van der Waals surface area contributed by atoms with Gasteiger partial charge in [0, 0.05) is 12.1 Å². The summed E-state index contributed by atoms with van der Waals surface area (Å²) in [5.74, 6) is -0.885. The average molecular weight is 630 g/mol. The number of carbonyl (C=O) groups excluding carboxylic acids is 2. The molecule has 2 amide bonds. The van der Waals surface area contributed by atoms with Crippen molar-refractivity contribution >= 4 is 28.4 Å². The Bertz CT molecular complexity index is 2350. The van der Waals surface area contributed by atoms with Crippen LogP contribution in [0.5, 0.6) is 5.75 Å². The molecule has 2 heterocycles. The Morgan fingerprint density at radius 2 is 1.42 bits per heavy atom. The predicted octanol–water partition coefficient (Wildman–Crippen LogP) is 6.52. The van der Waals surface area contributed by atoms with E-state index in [0.29, 0.717) is 39.0 Å². The lowest BCUT2D eigenvalue weighted by Gasteiger charge is -2.28. The second-order valence-electron chi connectivity index (χ2n) is 12.7. The van der Waals surface area contributed by atoms with E-state index in [0.717, 1.165) is 42.4 Å². The fraction of sp³-hybridized carbons (Fsp3) is 0.150. The molecule has 0 saturated carbocycles. The van der Waals surface area contributed by atoms with Crippen molar-refractivity contribution in [3.63, 3.8) is 0 Å². The highest BCUT2D eigenvalue weighted by Gasteiger charge is 2.39. The SMILES string of the molecule is NCc1cc(CN2C(=O)c3cccc(C4=CCCc5c4ccc4c5CCc5ccccc5-4)c3C2=O)c(O)c(-n2nc3ccccc3n2)c1. The third-order valence-corrected chi connectivity index (χ3v) is 10.0. The molecule has 48 heavy (non-hydrogen) atoms. The lowest BCUT2D eigenvalue weighted by molar-refractivity contribution is 0.0641. The Labute approximate surface area is 276 Å². The second-order valence-corrected chi connectivity index (χ2v) is 12.7. The zero-order chi connectivity index (χ0) is 32.5. The molecule has 234 valence electrons. The normalized spacial score (nSPS) is 14.9. The minimum absolute atomic E-state index is 0.112. The summed E-state index contributed by atoms with van der Waals surface area (Å²) in [6, 6.07) is 29.4. The molecule has 8 heteroatoms. The van der Waals surface area contributed by atoms with Gasteiger partial charge in [0.15, 0.2) is 0 Å². The van der Waals surface area contributed by atoms with Crippen molar-refractivity contribution in [2.75, 3.05) is 0 Å². The number of fused-ring (bicyclic) bond motifs is 7. The summed E-state index contributed by atoms with van der Waals surface area (Å²) < 4.78 is 0. The molecule has 0 atom stereocenters. The summed E-state index contributed by atoms with van der Waals surface area (Å²) >= 11 is 0. The van der Waals surface area contributed by atoms with E-state index in [2.05, 4.69) is 52.7 Å². The molecule has 0 fully saturated rings. The van der Waals surface area contributed by atoms with Gasteiger partial charge >= 0.3 is 0 Å². The van der Waals surface area contributed by atoms with Gasteiger partial charge in [-0.2, -0.15) is 0 Å². The summed E-state index contributed by atoms with van der Waals surface area (Å²) in [7, 11) is 0. The number of imide groups is 1. The summed E-state index contributed by atoms with van der Waals surface area (Å²) in [6.45, 7) is 0.0674. The van der Waals surface area contributed by atoms with E-state index in [9.17, 15) is 14.7 Å². The quantitative estimate of drug-likeness (QED) is 0.210. The number of amides is 2. The van der Waals surface area contributed by atoms with Crippen LogP contribution in [-0.4, -0.2) is 36.8 Å². The van der Waals surface area contributed by atoms with E-state index in [1.165, 1.54) is 37.5 Å². The number of carbonyl (C=O) groups is 2. The lowest BCUT2D eigenvalue weighted by Crippen LogP contribution is -2.29. The molecule has 0 bridgehead atoms. The fourth-order valence-electron chi connectivity index (χ4n) is 7.73. The Kier molecular flexibility index (Phi) is 6.42. The molecule has 8 nitrogen and oxygen atoms in total. The minimum atomic E-state index is -0.391. The van der Waals surface area contributed by atoms with Crippen LogP contribution < -0.4 is 5.73 Å². The van der Waals surface area contributed by atoms with Crippen LogP contribution in [0.1, 0.15) is 66.1 Å². The van der Waals surface area contributed by atoms with E-state index >= 15 is 0 Å². The number of aryl methyl sites for hydroxylation is 1. The average Bonchev–Trinajstić information content (AvgIpc) is 3.67. The first-order valence-electron chi connectivity index (χ1n) is 16.3. The third kappa shape index (κ3) is 4.26. The highest BCUT2D eigenvalue weighted by atomic mass is 16.3. The second kappa shape index (κ2) is 10.9. The number of hydrogen-bond donors (Lipinski definition) is 2. The number of nitrogens with zero attached hydrogens (tertiary/aromatic N) is 4. The van der Waals surface area contributed by atoms with Gasteiger partial charge in [-0.25, -0.2) is 0 Å². The predicted molar refractivity (Wildman–Crippen MR) is 184 cm³/mol. The molecular weight excluding hydrogens is 598 g/mol. The minimum Gasteiger partial charge on any atom is -0.505 e. The molecule has 5 aromatic carbocycles. The molecule has 1 aromatic heterocycles. The number of aromatic hydroxyl groups is 1. The van der Waals surface area contributed by atoms with Gasteiger partial charge < -0.3 is 10.8 Å². The molecule has 3 N–H and O–H groups in total. The van der Waals surface area contributed by atoms with Crippen LogP contribution in [0.15, 0.2) is 97.1 Å². The van der Waals surface area contributed by atoms with E-state index in [4.69, 9.17) is 5.73 Å². The van der Waals surface area contributed by atoms with Gasteiger partial charge in [-0.3, -0.25) is 14.5 Å². The molecule has 6 aromatic rings. The Morgan fingerprint density at radius 1 is 0.708 bits per heavy atom. The lowest BCUT2D eigenvalue weighted by atomic mass is 9.76. The number of hydrogen-bond acceptors (Lipinski definition) is 6.